The second-order valence-electron chi connectivity index (χ2n) is 5.03. The molecule has 1 aliphatic heterocycles. The van der Waals surface area contributed by atoms with Crippen LogP contribution in [-0.2, 0) is 4.79 Å². The molecule has 0 aliphatic carbocycles. The summed E-state index contributed by atoms with van der Waals surface area (Å²) in [6.07, 6.45) is 0.618. The highest BCUT2D eigenvalue weighted by Gasteiger charge is 2.32. The second-order valence-corrected chi connectivity index (χ2v) is 5.03. The summed E-state index contributed by atoms with van der Waals surface area (Å²) < 4.78 is 0. The summed E-state index contributed by atoms with van der Waals surface area (Å²) in [5.41, 5.74) is 0.533. The van der Waals surface area contributed by atoms with E-state index in [1.807, 2.05) is 11.8 Å². The molecule has 6 nitrogen and oxygen atoms in total. The fraction of sp³-hybridized carbons (Fsp3) is 0.462. The lowest BCUT2D eigenvalue weighted by molar-refractivity contribution is -0.384. The summed E-state index contributed by atoms with van der Waals surface area (Å²) in [6, 6.07) is 6.47. The van der Waals surface area contributed by atoms with E-state index in [9.17, 15) is 14.9 Å². The van der Waals surface area contributed by atoms with E-state index in [1.54, 1.807) is 18.2 Å². The Morgan fingerprint density at radius 2 is 2.11 bits per heavy atom. The number of hydrogen-bond acceptors (Lipinski definition) is 4. The Kier molecular flexibility index (Phi) is 3.69. The molecular weight excluding hydrogens is 248 g/mol. The van der Waals surface area contributed by atoms with Crippen LogP contribution < -0.4 is 4.90 Å². The summed E-state index contributed by atoms with van der Waals surface area (Å²) in [5.74, 6) is -1.10. The van der Waals surface area contributed by atoms with Gasteiger partial charge in [-0.25, -0.2) is 0 Å². The van der Waals surface area contributed by atoms with E-state index in [-0.39, 0.29) is 11.6 Å². The lowest BCUT2D eigenvalue weighted by Gasteiger charge is -2.35. The van der Waals surface area contributed by atoms with E-state index >= 15 is 0 Å². The molecule has 2 unspecified atom stereocenters. The van der Waals surface area contributed by atoms with Gasteiger partial charge in [-0.05, 0) is 18.4 Å². The first-order valence-electron chi connectivity index (χ1n) is 6.20. The molecule has 6 heteroatoms. The third kappa shape index (κ3) is 2.83. The Bertz CT molecular complexity index is 503. The smallest absolute Gasteiger partial charge is 0.308 e. The van der Waals surface area contributed by atoms with Crippen molar-refractivity contribution in [1.29, 1.82) is 0 Å². The van der Waals surface area contributed by atoms with Crippen LogP contribution in [0.4, 0.5) is 11.4 Å². The van der Waals surface area contributed by atoms with E-state index < -0.39 is 16.8 Å². The van der Waals surface area contributed by atoms with Gasteiger partial charge in [0, 0.05) is 19.2 Å². The van der Waals surface area contributed by atoms with Crippen molar-refractivity contribution in [2.75, 3.05) is 18.0 Å². The number of aliphatic carboxylic acids is 1. The first-order chi connectivity index (χ1) is 8.99. The molecule has 1 N–H and O–H groups in total. The monoisotopic (exact) mass is 264 g/mol. The van der Waals surface area contributed by atoms with Gasteiger partial charge in [-0.2, -0.15) is 0 Å². The van der Waals surface area contributed by atoms with Crippen LogP contribution in [-0.4, -0.2) is 29.1 Å². The third-order valence-corrected chi connectivity index (χ3v) is 3.43. The maximum atomic E-state index is 11.1. The predicted molar refractivity (Wildman–Crippen MR) is 70.2 cm³/mol. The van der Waals surface area contributed by atoms with Crippen LogP contribution in [0.25, 0.3) is 0 Å². The van der Waals surface area contributed by atoms with Gasteiger partial charge in [0.05, 0.1) is 10.8 Å². The van der Waals surface area contributed by atoms with Gasteiger partial charge in [0.15, 0.2) is 0 Å². The van der Waals surface area contributed by atoms with Gasteiger partial charge in [-0.15, -0.1) is 0 Å². The summed E-state index contributed by atoms with van der Waals surface area (Å²) in [5, 5.41) is 20.2. The zero-order valence-electron chi connectivity index (χ0n) is 10.7. The fourth-order valence-electron chi connectivity index (χ4n) is 2.61. The number of carboxylic acids is 1. The van der Waals surface area contributed by atoms with Crippen LogP contribution in [0.5, 0.6) is 0 Å². The van der Waals surface area contributed by atoms with Gasteiger partial charge >= 0.3 is 5.97 Å². The van der Waals surface area contributed by atoms with Crippen LogP contribution in [0, 0.1) is 22.0 Å². The first-order valence-corrected chi connectivity index (χ1v) is 6.20. The lowest BCUT2D eigenvalue weighted by Crippen LogP contribution is -2.42. The molecule has 1 fully saturated rings. The third-order valence-electron chi connectivity index (χ3n) is 3.43. The molecule has 0 amide bonds. The van der Waals surface area contributed by atoms with E-state index in [0.29, 0.717) is 25.2 Å². The zero-order valence-corrected chi connectivity index (χ0v) is 10.7. The highest BCUT2D eigenvalue weighted by atomic mass is 16.6. The molecule has 102 valence electrons. The molecule has 1 aromatic rings. The van der Waals surface area contributed by atoms with Crippen LogP contribution in [0.1, 0.15) is 13.3 Å². The molecule has 2 rings (SSSR count). The second kappa shape index (κ2) is 5.26. The van der Waals surface area contributed by atoms with E-state index in [4.69, 9.17) is 5.11 Å². The molecular formula is C13H16N2O4. The number of piperidine rings is 1. The highest BCUT2D eigenvalue weighted by molar-refractivity contribution is 5.72. The minimum atomic E-state index is -0.838. The molecule has 1 aliphatic rings. The van der Waals surface area contributed by atoms with E-state index in [0.717, 1.165) is 0 Å². The molecule has 19 heavy (non-hydrogen) atoms. The molecule has 2 atom stereocenters. The molecule has 1 saturated heterocycles. The Morgan fingerprint density at radius 3 is 2.74 bits per heavy atom. The van der Waals surface area contributed by atoms with Crippen molar-refractivity contribution in [3.05, 3.63) is 34.4 Å². The minimum absolute atomic E-state index is 0.0285. The Hall–Kier alpha value is -2.11. The largest absolute Gasteiger partial charge is 0.481 e. The summed E-state index contributed by atoms with van der Waals surface area (Å²) in [7, 11) is 0. The SMILES string of the molecule is CC1CC(C(=O)O)CN(c2ccccc2[N+](=O)[O-])C1. The summed E-state index contributed by atoms with van der Waals surface area (Å²) in [6.45, 7) is 2.94. The number of rotatable bonds is 3. The number of nitro groups is 1. The van der Waals surface area contributed by atoms with Gasteiger partial charge in [0.2, 0.25) is 0 Å². The number of benzene rings is 1. The van der Waals surface area contributed by atoms with Crippen molar-refractivity contribution in [2.45, 2.75) is 13.3 Å². The van der Waals surface area contributed by atoms with Gasteiger partial charge in [-0.1, -0.05) is 19.1 Å². The predicted octanol–water partition coefficient (Wildman–Crippen LogP) is 2.14. The first kappa shape index (κ1) is 13.3. The molecule has 0 aromatic heterocycles. The molecule has 0 spiro atoms. The number of carboxylic acid groups (broad SMARTS) is 1. The minimum Gasteiger partial charge on any atom is -0.481 e. The van der Waals surface area contributed by atoms with E-state index in [1.165, 1.54) is 6.07 Å². The molecule has 1 aromatic carbocycles. The topological polar surface area (TPSA) is 83.7 Å². The van der Waals surface area contributed by atoms with Crippen LogP contribution in [0.3, 0.4) is 0 Å². The molecule has 0 saturated carbocycles. The number of nitro benzene ring substituents is 1. The Balaban J connectivity index is 2.30. The lowest BCUT2D eigenvalue weighted by atomic mass is 9.90. The molecule has 0 bridgehead atoms. The standard InChI is InChI=1S/C13H16N2O4/c1-9-6-10(13(16)17)8-14(7-9)11-4-2-3-5-12(11)15(18)19/h2-5,9-10H,6-8H2,1H3,(H,16,17). The highest BCUT2D eigenvalue weighted by Crippen LogP contribution is 2.32. The molecule has 1 heterocycles. The fourth-order valence-corrected chi connectivity index (χ4v) is 2.61. The van der Waals surface area contributed by atoms with Crippen molar-refractivity contribution in [1.82, 2.24) is 0 Å². The van der Waals surface area contributed by atoms with Gasteiger partial charge in [-0.3, -0.25) is 14.9 Å². The quantitative estimate of drug-likeness (QED) is 0.668. The van der Waals surface area contributed by atoms with Crippen molar-refractivity contribution in [3.63, 3.8) is 0 Å². The van der Waals surface area contributed by atoms with E-state index in [2.05, 4.69) is 0 Å². The van der Waals surface area contributed by atoms with Crippen LogP contribution >= 0.6 is 0 Å². The van der Waals surface area contributed by atoms with Crippen LogP contribution in [0.15, 0.2) is 24.3 Å². The van der Waals surface area contributed by atoms with Crippen molar-refractivity contribution >= 4 is 17.3 Å². The summed E-state index contributed by atoms with van der Waals surface area (Å²) >= 11 is 0. The van der Waals surface area contributed by atoms with Gasteiger partial charge in [0.1, 0.15) is 5.69 Å². The maximum absolute atomic E-state index is 11.1. The number of nitrogens with zero attached hydrogens (tertiary/aromatic N) is 2. The average Bonchev–Trinajstić information content (AvgIpc) is 2.37. The number of carbonyl (C=O) groups is 1. The molecule has 0 radical (unpaired) electrons. The number of hydrogen-bond donors (Lipinski definition) is 1. The van der Waals surface area contributed by atoms with Gasteiger partial charge < -0.3 is 10.0 Å². The Labute approximate surface area is 110 Å². The number of anilines is 1. The van der Waals surface area contributed by atoms with Crippen molar-refractivity contribution in [2.24, 2.45) is 11.8 Å². The van der Waals surface area contributed by atoms with Gasteiger partial charge in [0.25, 0.3) is 5.69 Å². The Morgan fingerprint density at radius 1 is 1.42 bits per heavy atom. The maximum Gasteiger partial charge on any atom is 0.308 e. The normalized spacial score (nSPS) is 23.1. The van der Waals surface area contributed by atoms with Crippen molar-refractivity contribution < 1.29 is 14.8 Å². The van der Waals surface area contributed by atoms with Crippen molar-refractivity contribution in [3.8, 4) is 0 Å². The van der Waals surface area contributed by atoms with Crippen LogP contribution in [0.2, 0.25) is 0 Å². The number of para-hydroxylation sites is 2. The zero-order chi connectivity index (χ0) is 14.0. The average molecular weight is 264 g/mol. The summed E-state index contributed by atoms with van der Waals surface area (Å²) in [4.78, 5) is 23.5.